The van der Waals surface area contributed by atoms with E-state index in [9.17, 15) is 24.3 Å². The number of fused-ring (bicyclic) bond motifs is 4. The van der Waals surface area contributed by atoms with Crippen LogP contribution in [0.5, 0.6) is 0 Å². The van der Waals surface area contributed by atoms with Crippen LogP contribution in [0.15, 0.2) is 89.3 Å². The minimum atomic E-state index is -4.62. The molecule has 1 aromatic heterocycles. The van der Waals surface area contributed by atoms with E-state index in [0.717, 1.165) is 32.7 Å². The zero-order valence-corrected chi connectivity index (χ0v) is 20.3. The summed E-state index contributed by atoms with van der Waals surface area (Å²) in [5.74, 6) is -2.48. The van der Waals surface area contributed by atoms with E-state index in [2.05, 4.69) is 5.32 Å². The topological polar surface area (TPSA) is 120 Å². The molecule has 0 unspecified atom stereocenters. The molecule has 0 saturated heterocycles. The van der Waals surface area contributed by atoms with Crippen LogP contribution in [-0.2, 0) is 22.2 Å². The zero-order chi connectivity index (χ0) is 25.3. The number of furan rings is 1. The molecule has 0 aliphatic rings. The van der Waals surface area contributed by atoms with Crippen LogP contribution in [0.2, 0.25) is 0 Å². The highest BCUT2D eigenvalue weighted by Gasteiger charge is 2.33. The first kappa shape index (κ1) is 24.2. The lowest BCUT2D eigenvalue weighted by Gasteiger charge is -2.24. The maximum Gasteiger partial charge on any atom is 0.342 e. The quantitative estimate of drug-likeness (QED) is 0.197. The van der Waals surface area contributed by atoms with Gasteiger partial charge in [0.2, 0.25) is 0 Å². The molecular weight excluding hydrogens is 477 g/mol. The maximum absolute atomic E-state index is 12.3. The summed E-state index contributed by atoms with van der Waals surface area (Å²) in [4.78, 5) is 32.1. The second-order valence-corrected chi connectivity index (χ2v) is 10.8. The molecule has 0 spiro atoms. The number of carboxylic acids is 1. The normalized spacial score (nSPS) is 13.8. The largest absolute Gasteiger partial charge is 0.480 e. The predicted octanol–water partition coefficient (Wildman–Crippen LogP) is 5.46. The van der Waals surface area contributed by atoms with E-state index < -0.39 is 25.4 Å². The number of benzene rings is 4. The first-order valence-corrected chi connectivity index (χ1v) is 13.4. The molecule has 2 atom stereocenters. The average Bonchev–Trinajstić information content (AvgIpc) is 3.22. The Morgan fingerprint density at radius 2 is 1.56 bits per heavy atom. The van der Waals surface area contributed by atoms with Crippen LogP contribution in [0.1, 0.15) is 17.5 Å². The number of nitrogens with one attached hydrogen (secondary N) is 1. The van der Waals surface area contributed by atoms with Crippen LogP contribution in [0.25, 0.3) is 32.7 Å². The Kier molecular flexibility index (Phi) is 6.65. The molecule has 184 valence electrons. The van der Waals surface area contributed by atoms with E-state index in [1.807, 2.05) is 78.9 Å². The van der Waals surface area contributed by atoms with Crippen molar-refractivity contribution in [2.24, 2.45) is 0 Å². The predicted molar refractivity (Wildman–Crippen MR) is 140 cm³/mol. The molecule has 4 aromatic carbocycles. The molecule has 0 radical (unpaired) electrons. The molecule has 0 amide bonds. The summed E-state index contributed by atoms with van der Waals surface area (Å²) in [6.45, 7) is 0. The molecule has 0 aliphatic carbocycles. The minimum Gasteiger partial charge on any atom is -0.480 e. The Hall–Kier alpha value is -3.48. The summed E-state index contributed by atoms with van der Waals surface area (Å²) < 4.78 is 18.2. The number of aryl methyl sites for hydroxylation is 1. The van der Waals surface area contributed by atoms with Gasteiger partial charge in [-0.15, -0.1) is 0 Å². The molecule has 4 N–H and O–H groups in total. The molecule has 8 heteroatoms. The van der Waals surface area contributed by atoms with Gasteiger partial charge in [0.25, 0.3) is 0 Å². The van der Waals surface area contributed by atoms with Crippen molar-refractivity contribution >= 4 is 46.3 Å². The fraction of sp³-hybridized carbons (Fsp3) is 0.179. The first-order valence-electron chi connectivity index (χ1n) is 11.7. The van der Waals surface area contributed by atoms with E-state index in [4.69, 9.17) is 4.42 Å². The Labute approximate surface area is 207 Å². The number of hydrogen-bond donors (Lipinski definition) is 4. The van der Waals surface area contributed by atoms with Crippen molar-refractivity contribution in [1.29, 1.82) is 0 Å². The lowest BCUT2D eigenvalue weighted by atomic mass is 10.0. The van der Waals surface area contributed by atoms with Crippen molar-refractivity contribution in [3.63, 3.8) is 0 Å². The van der Waals surface area contributed by atoms with Gasteiger partial charge in [0.1, 0.15) is 23.0 Å². The van der Waals surface area contributed by atoms with Gasteiger partial charge in [-0.25, -0.2) is 0 Å². The number of carboxylic acid groups (broad SMARTS) is 1. The van der Waals surface area contributed by atoms with E-state index in [1.54, 1.807) is 6.07 Å². The number of rotatable bonds is 9. The molecule has 0 bridgehead atoms. The fourth-order valence-electron chi connectivity index (χ4n) is 4.73. The van der Waals surface area contributed by atoms with E-state index in [1.165, 1.54) is 0 Å². The van der Waals surface area contributed by atoms with E-state index in [0.29, 0.717) is 17.6 Å². The van der Waals surface area contributed by atoms with Crippen molar-refractivity contribution in [2.45, 2.75) is 31.1 Å². The van der Waals surface area contributed by atoms with Gasteiger partial charge in [0.15, 0.2) is 0 Å². The van der Waals surface area contributed by atoms with Crippen LogP contribution >= 0.6 is 7.60 Å². The molecule has 0 aliphatic heterocycles. The van der Waals surface area contributed by atoms with Gasteiger partial charge < -0.3 is 19.3 Å². The highest BCUT2D eigenvalue weighted by Crippen LogP contribution is 2.42. The molecule has 1 heterocycles. The molecule has 36 heavy (non-hydrogen) atoms. The third-order valence-corrected chi connectivity index (χ3v) is 7.77. The van der Waals surface area contributed by atoms with E-state index in [-0.39, 0.29) is 12.8 Å². The Morgan fingerprint density at radius 3 is 2.33 bits per heavy atom. The third kappa shape index (κ3) is 5.06. The fourth-order valence-corrected chi connectivity index (χ4v) is 5.57. The van der Waals surface area contributed by atoms with Crippen molar-refractivity contribution in [3.8, 4) is 0 Å². The van der Waals surface area contributed by atoms with Crippen LogP contribution in [-0.4, -0.2) is 32.7 Å². The van der Waals surface area contributed by atoms with Gasteiger partial charge in [-0.2, -0.15) is 0 Å². The molecule has 5 rings (SSSR count). The van der Waals surface area contributed by atoms with Gasteiger partial charge in [0, 0.05) is 10.8 Å². The van der Waals surface area contributed by atoms with Crippen molar-refractivity contribution in [1.82, 2.24) is 5.32 Å². The minimum absolute atomic E-state index is 0.0487. The molecule has 0 saturated carbocycles. The van der Waals surface area contributed by atoms with Crippen LogP contribution in [0, 0.1) is 0 Å². The lowest BCUT2D eigenvalue weighted by molar-refractivity contribution is -0.139. The molecule has 0 fully saturated rings. The Morgan fingerprint density at radius 1 is 0.861 bits per heavy atom. The second kappa shape index (κ2) is 9.88. The number of carbonyl (C=O) groups is 1. The summed E-state index contributed by atoms with van der Waals surface area (Å²) >= 11 is 0. The van der Waals surface area contributed by atoms with Crippen molar-refractivity contribution in [3.05, 3.63) is 96.1 Å². The van der Waals surface area contributed by atoms with Crippen molar-refractivity contribution < 1.29 is 28.7 Å². The SMILES string of the molecule is O=C(O)[C@H](Cc1ccc2c(c1)oc1ccccc12)N[C@@H](CCc1cccc2ccccc12)P(=O)(O)O. The van der Waals surface area contributed by atoms with E-state index >= 15 is 0 Å². The Balaban J connectivity index is 1.36. The number of hydrogen-bond acceptors (Lipinski definition) is 4. The Bertz CT molecular complexity index is 1600. The first-order chi connectivity index (χ1) is 17.3. The van der Waals surface area contributed by atoms with Gasteiger partial charge in [-0.05, 0) is 53.3 Å². The molecule has 5 aromatic rings. The molecular formula is C28H26NO6P. The highest BCUT2D eigenvalue weighted by molar-refractivity contribution is 7.52. The molecule has 7 nitrogen and oxygen atoms in total. The number of para-hydroxylation sites is 1. The van der Waals surface area contributed by atoms with Crippen LogP contribution in [0.4, 0.5) is 0 Å². The van der Waals surface area contributed by atoms with Gasteiger partial charge in [-0.1, -0.05) is 72.8 Å². The van der Waals surface area contributed by atoms with Crippen LogP contribution in [0.3, 0.4) is 0 Å². The van der Waals surface area contributed by atoms with Gasteiger partial charge >= 0.3 is 13.6 Å². The number of aliphatic carboxylic acids is 1. The summed E-state index contributed by atoms with van der Waals surface area (Å²) in [6.07, 6.45) is 0.527. The third-order valence-electron chi connectivity index (χ3n) is 6.55. The van der Waals surface area contributed by atoms with Gasteiger partial charge in [-0.3, -0.25) is 14.7 Å². The summed E-state index contributed by atoms with van der Waals surface area (Å²) in [6, 6.07) is 25.6. The maximum atomic E-state index is 12.3. The van der Waals surface area contributed by atoms with Gasteiger partial charge in [0.05, 0.1) is 0 Å². The smallest absolute Gasteiger partial charge is 0.342 e. The monoisotopic (exact) mass is 503 g/mol. The standard InChI is InChI=1S/C28H26NO6P/c30-28(31)24(16-18-12-14-23-22-10-3-4-11-25(22)35-26(23)17-18)29-27(36(32,33)34)15-13-20-8-5-7-19-6-1-2-9-21(19)20/h1-12,14,17,24,27,29H,13,15-16H2,(H,30,31)(H2,32,33,34)/t24-,27+/m0/s1. The van der Waals surface area contributed by atoms with Crippen molar-refractivity contribution in [2.75, 3.05) is 0 Å². The second-order valence-electron chi connectivity index (χ2n) is 8.97. The summed E-state index contributed by atoms with van der Waals surface area (Å²) in [5.41, 5.74) is 3.03. The van der Waals surface area contributed by atoms with Crippen LogP contribution < -0.4 is 5.32 Å². The average molecular weight is 503 g/mol. The zero-order valence-electron chi connectivity index (χ0n) is 19.4. The summed E-state index contributed by atoms with van der Waals surface area (Å²) in [5, 5.41) is 16.6. The lowest BCUT2D eigenvalue weighted by Crippen LogP contribution is -2.44. The summed E-state index contributed by atoms with van der Waals surface area (Å²) in [7, 11) is -4.62. The highest BCUT2D eigenvalue weighted by atomic mass is 31.2.